The SMILES string of the molecule is CCCNCC1CCC1N1CCN(CCC)CC1. The molecule has 1 heterocycles. The van der Waals surface area contributed by atoms with Gasteiger partial charge in [-0.1, -0.05) is 13.8 Å². The molecule has 1 N–H and O–H groups in total. The fourth-order valence-corrected chi connectivity index (χ4v) is 3.37. The van der Waals surface area contributed by atoms with Crippen molar-refractivity contribution in [3.63, 3.8) is 0 Å². The largest absolute Gasteiger partial charge is 0.316 e. The minimum Gasteiger partial charge on any atom is -0.316 e. The van der Waals surface area contributed by atoms with Crippen LogP contribution in [0.15, 0.2) is 0 Å². The van der Waals surface area contributed by atoms with Crippen LogP contribution in [0, 0.1) is 5.92 Å². The molecule has 106 valence electrons. The van der Waals surface area contributed by atoms with Crippen molar-refractivity contribution in [1.82, 2.24) is 15.1 Å². The Morgan fingerprint density at radius 3 is 2.33 bits per heavy atom. The normalized spacial score (nSPS) is 30.3. The molecule has 2 atom stereocenters. The van der Waals surface area contributed by atoms with Gasteiger partial charge >= 0.3 is 0 Å². The Kier molecular flexibility index (Phi) is 5.93. The molecule has 3 heteroatoms. The molecule has 0 spiro atoms. The van der Waals surface area contributed by atoms with E-state index in [1.54, 1.807) is 0 Å². The number of rotatable bonds is 7. The summed E-state index contributed by atoms with van der Waals surface area (Å²) in [6.07, 6.45) is 5.43. The number of hydrogen-bond donors (Lipinski definition) is 1. The van der Waals surface area contributed by atoms with Gasteiger partial charge in [-0.05, 0) is 51.2 Å². The summed E-state index contributed by atoms with van der Waals surface area (Å²) in [6, 6.07) is 0.887. The minimum absolute atomic E-state index is 0.887. The van der Waals surface area contributed by atoms with Gasteiger partial charge in [0.05, 0.1) is 0 Å². The second-order valence-corrected chi connectivity index (χ2v) is 5.99. The molecule has 1 aliphatic carbocycles. The maximum atomic E-state index is 3.60. The molecule has 1 saturated carbocycles. The highest BCUT2D eigenvalue weighted by molar-refractivity contribution is 4.91. The smallest absolute Gasteiger partial charge is 0.0137 e. The Bertz CT molecular complexity index is 224. The fourth-order valence-electron chi connectivity index (χ4n) is 3.37. The van der Waals surface area contributed by atoms with Crippen LogP contribution in [0.3, 0.4) is 0 Å². The number of hydrogen-bond acceptors (Lipinski definition) is 3. The van der Waals surface area contributed by atoms with E-state index in [2.05, 4.69) is 29.0 Å². The Morgan fingerprint density at radius 2 is 1.78 bits per heavy atom. The van der Waals surface area contributed by atoms with E-state index in [-0.39, 0.29) is 0 Å². The van der Waals surface area contributed by atoms with Gasteiger partial charge < -0.3 is 10.2 Å². The van der Waals surface area contributed by atoms with Crippen molar-refractivity contribution in [2.45, 2.75) is 45.6 Å². The van der Waals surface area contributed by atoms with Crippen molar-refractivity contribution >= 4 is 0 Å². The molecule has 0 radical (unpaired) electrons. The molecule has 1 aliphatic heterocycles. The van der Waals surface area contributed by atoms with E-state index in [1.165, 1.54) is 71.5 Å². The predicted octanol–water partition coefficient (Wildman–Crippen LogP) is 1.79. The van der Waals surface area contributed by atoms with Crippen LogP contribution in [0.2, 0.25) is 0 Å². The monoisotopic (exact) mass is 253 g/mol. The molecule has 0 amide bonds. The lowest BCUT2D eigenvalue weighted by atomic mass is 9.78. The summed E-state index contributed by atoms with van der Waals surface area (Å²) in [7, 11) is 0. The molecule has 18 heavy (non-hydrogen) atoms. The average Bonchev–Trinajstić information content (AvgIpc) is 2.36. The second kappa shape index (κ2) is 7.46. The Balaban J connectivity index is 1.66. The molecule has 2 unspecified atom stereocenters. The molecule has 1 saturated heterocycles. The van der Waals surface area contributed by atoms with E-state index in [9.17, 15) is 0 Å². The molecular formula is C15H31N3. The molecule has 3 nitrogen and oxygen atoms in total. The van der Waals surface area contributed by atoms with Crippen LogP contribution in [-0.4, -0.2) is 61.7 Å². The van der Waals surface area contributed by atoms with Gasteiger partial charge in [0.25, 0.3) is 0 Å². The quantitative estimate of drug-likeness (QED) is 0.698. The molecule has 0 bridgehead atoms. The summed E-state index contributed by atoms with van der Waals surface area (Å²) in [6.45, 7) is 13.4. The first kappa shape index (κ1) is 14.3. The van der Waals surface area contributed by atoms with Crippen molar-refractivity contribution in [2.75, 3.05) is 45.8 Å². The second-order valence-electron chi connectivity index (χ2n) is 5.99. The van der Waals surface area contributed by atoms with Gasteiger partial charge in [-0.3, -0.25) is 4.90 Å². The van der Waals surface area contributed by atoms with Gasteiger partial charge in [-0.2, -0.15) is 0 Å². The third-order valence-corrected chi connectivity index (χ3v) is 4.63. The van der Waals surface area contributed by atoms with Crippen LogP contribution in [0.4, 0.5) is 0 Å². The lowest BCUT2D eigenvalue weighted by molar-refractivity contribution is 0.0212. The summed E-state index contributed by atoms with van der Waals surface area (Å²) < 4.78 is 0. The van der Waals surface area contributed by atoms with E-state index in [4.69, 9.17) is 0 Å². The maximum absolute atomic E-state index is 3.60. The van der Waals surface area contributed by atoms with E-state index < -0.39 is 0 Å². The Hall–Kier alpha value is -0.120. The highest BCUT2D eigenvalue weighted by Crippen LogP contribution is 2.32. The van der Waals surface area contributed by atoms with Gasteiger partial charge in [0, 0.05) is 32.2 Å². The summed E-state index contributed by atoms with van der Waals surface area (Å²) in [5.41, 5.74) is 0. The summed E-state index contributed by atoms with van der Waals surface area (Å²) in [4.78, 5) is 5.38. The summed E-state index contributed by atoms with van der Waals surface area (Å²) >= 11 is 0. The van der Waals surface area contributed by atoms with E-state index in [0.29, 0.717) is 0 Å². The highest BCUT2D eigenvalue weighted by atomic mass is 15.3. The maximum Gasteiger partial charge on any atom is 0.0137 e. The zero-order valence-corrected chi connectivity index (χ0v) is 12.3. The molecule has 0 aromatic heterocycles. The first-order chi connectivity index (χ1) is 8.85. The third-order valence-electron chi connectivity index (χ3n) is 4.63. The number of nitrogens with one attached hydrogen (secondary N) is 1. The third kappa shape index (κ3) is 3.69. The zero-order chi connectivity index (χ0) is 12.8. The highest BCUT2D eigenvalue weighted by Gasteiger charge is 2.36. The summed E-state index contributed by atoms with van der Waals surface area (Å²) in [5, 5.41) is 3.60. The Morgan fingerprint density at radius 1 is 1.00 bits per heavy atom. The standard InChI is InChI=1S/C15H31N3/c1-3-7-16-13-14-5-6-15(14)18-11-9-17(8-4-2)10-12-18/h14-16H,3-13H2,1-2H3. The molecule has 2 rings (SSSR count). The van der Waals surface area contributed by atoms with Crippen LogP contribution in [0.25, 0.3) is 0 Å². The van der Waals surface area contributed by atoms with Crippen molar-refractivity contribution in [2.24, 2.45) is 5.92 Å². The number of nitrogens with zero attached hydrogens (tertiary/aromatic N) is 2. The van der Waals surface area contributed by atoms with Crippen molar-refractivity contribution in [1.29, 1.82) is 0 Å². The van der Waals surface area contributed by atoms with Crippen LogP contribution in [0.1, 0.15) is 39.5 Å². The Labute approximate surface area is 113 Å². The fraction of sp³-hybridized carbons (Fsp3) is 1.00. The van der Waals surface area contributed by atoms with Crippen LogP contribution < -0.4 is 5.32 Å². The first-order valence-corrected chi connectivity index (χ1v) is 8.02. The van der Waals surface area contributed by atoms with Gasteiger partial charge in [-0.15, -0.1) is 0 Å². The topological polar surface area (TPSA) is 18.5 Å². The van der Waals surface area contributed by atoms with Crippen LogP contribution in [-0.2, 0) is 0 Å². The molecule has 0 aromatic carbocycles. The van der Waals surface area contributed by atoms with Crippen molar-refractivity contribution in [3.8, 4) is 0 Å². The minimum atomic E-state index is 0.887. The zero-order valence-electron chi connectivity index (χ0n) is 12.3. The van der Waals surface area contributed by atoms with Gasteiger partial charge in [0.1, 0.15) is 0 Å². The van der Waals surface area contributed by atoms with Crippen LogP contribution >= 0.6 is 0 Å². The molecule has 2 fully saturated rings. The van der Waals surface area contributed by atoms with Gasteiger partial charge in [0.2, 0.25) is 0 Å². The predicted molar refractivity (Wildman–Crippen MR) is 78.0 cm³/mol. The van der Waals surface area contributed by atoms with Crippen LogP contribution in [0.5, 0.6) is 0 Å². The first-order valence-electron chi connectivity index (χ1n) is 8.02. The van der Waals surface area contributed by atoms with E-state index >= 15 is 0 Å². The summed E-state index contributed by atoms with van der Waals surface area (Å²) in [5.74, 6) is 0.925. The van der Waals surface area contributed by atoms with Gasteiger partial charge in [0.15, 0.2) is 0 Å². The van der Waals surface area contributed by atoms with E-state index in [0.717, 1.165) is 12.0 Å². The molecule has 2 aliphatic rings. The number of piperazine rings is 1. The molecular weight excluding hydrogens is 222 g/mol. The lowest BCUT2D eigenvalue weighted by Gasteiger charge is -2.48. The van der Waals surface area contributed by atoms with E-state index in [1.807, 2.05) is 0 Å². The average molecular weight is 253 g/mol. The van der Waals surface area contributed by atoms with Crippen molar-refractivity contribution < 1.29 is 0 Å². The molecule has 0 aromatic rings. The van der Waals surface area contributed by atoms with Crippen molar-refractivity contribution in [3.05, 3.63) is 0 Å². The van der Waals surface area contributed by atoms with Gasteiger partial charge in [-0.25, -0.2) is 0 Å². The lowest BCUT2D eigenvalue weighted by Crippen LogP contribution is -2.57.